The normalized spacial score (nSPS) is 15.2. The first-order chi connectivity index (χ1) is 11.3. The van der Waals surface area contributed by atoms with Gasteiger partial charge in [0.2, 0.25) is 0 Å². The predicted molar refractivity (Wildman–Crippen MR) is 94.9 cm³/mol. The third-order valence-electron chi connectivity index (χ3n) is 4.03. The minimum absolute atomic E-state index is 0. The molecular formula is C18H24ClFN2O2. The Hall–Kier alpha value is -1.40. The number of hydrogen-bond acceptors (Lipinski definition) is 4. The Bertz CT molecular complexity index is 615. The van der Waals surface area contributed by atoms with E-state index in [2.05, 4.69) is 10.2 Å². The van der Waals surface area contributed by atoms with Crippen LogP contribution < -0.4 is 5.32 Å². The van der Waals surface area contributed by atoms with Gasteiger partial charge in [-0.2, -0.15) is 0 Å². The van der Waals surface area contributed by atoms with Gasteiger partial charge in [0.15, 0.2) is 0 Å². The van der Waals surface area contributed by atoms with Gasteiger partial charge in [-0.25, -0.2) is 4.39 Å². The molecule has 0 radical (unpaired) electrons. The first kappa shape index (κ1) is 18.9. The van der Waals surface area contributed by atoms with Crippen molar-refractivity contribution in [2.24, 2.45) is 0 Å². The maximum absolute atomic E-state index is 13.7. The van der Waals surface area contributed by atoms with E-state index in [-0.39, 0.29) is 18.2 Å². The summed E-state index contributed by atoms with van der Waals surface area (Å²) in [6, 6.07) is 10.4. The van der Waals surface area contributed by atoms with E-state index in [0.29, 0.717) is 17.9 Å². The van der Waals surface area contributed by atoms with Gasteiger partial charge in [0, 0.05) is 13.1 Å². The zero-order valence-electron chi connectivity index (χ0n) is 13.7. The lowest BCUT2D eigenvalue weighted by Crippen LogP contribution is -2.37. The highest BCUT2D eigenvalue weighted by Crippen LogP contribution is 2.24. The molecule has 0 spiro atoms. The molecule has 2 heterocycles. The van der Waals surface area contributed by atoms with Gasteiger partial charge in [-0.05, 0) is 43.8 Å². The molecule has 132 valence electrons. The summed E-state index contributed by atoms with van der Waals surface area (Å²) in [7, 11) is 0. The zero-order chi connectivity index (χ0) is 15.9. The van der Waals surface area contributed by atoms with Crippen molar-refractivity contribution < 1.29 is 13.5 Å². The summed E-state index contributed by atoms with van der Waals surface area (Å²) in [5.41, 5.74) is 0.506. The fourth-order valence-corrected chi connectivity index (χ4v) is 2.74. The van der Waals surface area contributed by atoms with Crippen LogP contribution in [0.4, 0.5) is 4.39 Å². The second-order valence-electron chi connectivity index (χ2n) is 5.73. The SMILES string of the molecule is Cl.Fc1ccccc1-c1ccc(CNCCCN2CCOCC2)o1. The van der Waals surface area contributed by atoms with Gasteiger partial charge in [0.05, 0.1) is 25.3 Å². The zero-order valence-corrected chi connectivity index (χ0v) is 14.5. The number of benzene rings is 1. The van der Waals surface area contributed by atoms with Crippen molar-refractivity contribution >= 4 is 12.4 Å². The number of hydrogen-bond donors (Lipinski definition) is 1. The summed E-state index contributed by atoms with van der Waals surface area (Å²) < 4.78 is 24.8. The second kappa shape index (κ2) is 9.79. The third kappa shape index (κ3) is 5.31. The number of nitrogens with zero attached hydrogens (tertiary/aromatic N) is 1. The van der Waals surface area contributed by atoms with Crippen LogP contribution in [0.25, 0.3) is 11.3 Å². The predicted octanol–water partition coefficient (Wildman–Crippen LogP) is 3.32. The highest BCUT2D eigenvalue weighted by molar-refractivity contribution is 5.85. The van der Waals surface area contributed by atoms with E-state index in [1.807, 2.05) is 18.2 Å². The first-order valence-electron chi connectivity index (χ1n) is 8.17. The minimum atomic E-state index is -0.258. The third-order valence-corrected chi connectivity index (χ3v) is 4.03. The molecule has 0 amide bonds. The first-order valence-corrected chi connectivity index (χ1v) is 8.17. The summed E-state index contributed by atoms with van der Waals surface area (Å²) in [6.45, 7) is 6.45. The molecule has 1 aliphatic heterocycles. The Morgan fingerprint density at radius 3 is 2.67 bits per heavy atom. The second-order valence-corrected chi connectivity index (χ2v) is 5.73. The molecule has 1 saturated heterocycles. The molecule has 1 aromatic heterocycles. The topological polar surface area (TPSA) is 37.6 Å². The van der Waals surface area contributed by atoms with Crippen molar-refractivity contribution in [2.45, 2.75) is 13.0 Å². The fraction of sp³-hybridized carbons (Fsp3) is 0.444. The number of nitrogens with one attached hydrogen (secondary N) is 1. The van der Waals surface area contributed by atoms with E-state index in [0.717, 1.165) is 51.6 Å². The molecule has 6 heteroatoms. The Morgan fingerprint density at radius 2 is 1.88 bits per heavy atom. The molecule has 0 bridgehead atoms. The standard InChI is InChI=1S/C18H23FN2O2.ClH/c19-17-5-2-1-4-16(17)18-7-6-15(23-18)14-20-8-3-9-21-10-12-22-13-11-21;/h1-2,4-7,20H,3,8-14H2;1H. The monoisotopic (exact) mass is 354 g/mol. The lowest BCUT2D eigenvalue weighted by Gasteiger charge is -2.26. The smallest absolute Gasteiger partial charge is 0.137 e. The van der Waals surface area contributed by atoms with E-state index < -0.39 is 0 Å². The van der Waals surface area contributed by atoms with Gasteiger partial charge < -0.3 is 14.5 Å². The molecule has 3 rings (SSSR count). The number of morpholine rings is 1. The largest absolute Gasteiger partial charge is 0.460 e. The molecular weight excluding hydrogens is 331 g/mol. The number of rotatable bonds is 7. The van der Waals surface area contributed by atoms with Crippen LogP contribution in [0.3, 0.4) is 0 Å². The van der Waals surface area contributed by atoms with Crippen molar-refractivity contribution in [2.75, 3.05) is 39.4 Å². The number of ether oxygens (including phenoxy) is 1. The summed E-state index contributed by atoms with van der Waals surface area (Å²) in [5, 5.41) is 3.38. The molecule has 1 aliphatic rings. The van der Waals surface area contributed by atoms with Crippen LogP contribution in [-0.2, 0) is 11.3 Å². The van der Waals surface area contributed by atoms with E-state index in [4.69, 9.17) is 9.15 Å². The highest BCUT2D eigenvalue weighted by atomic mass is 35.5. The molecule has 1 fully saturated rings. The van der Waals surface area contributed by atoms with Crippen molar-refractivity contribution in [3.63, 3.8) is 0 Å². The molecule has 2 aromatic rings. The summed E-state index contributed by atoms with van der Waals surface area (Å²) in [5.74, 6) is 1.15. The van der Waals surface area contributed by atoms with E-state index in [1.54, 1.807) is 12.1 Å². The van der Waals surface area contributed by atoms with Crippen molar-refractivity contribution in [3.8, 4) is 11.3 Å². The minimum Gasteiger partial charge on any atom is -0.460 e. The van der Waals surface area contributed by atoms with Gasteiger partial charge >= 0.3 is 0 Å². The lowest BCUT2D eigenvalue weighted by molar-refractivity contribution is 0.0374. The molecule has 24 heavy (non-hydrogen) atoms. The van der Waals surface area contributed by atoms with Crippen molar-refractivity contribution in [1.82, 2.24) is 10.2 Å². The van der Waals surface area contributed by atoms with Crippen LogP contribution in [-0.4, -0.2) is 44.3 Å². The number of furan rings is 1. The summed E-state index contributed by atoms with van der Waals surface area (Å²) >= 11 is 0. The van der Waals surface area contributed by atoms with Crippen molar-refractivity contribution in [1.29, 1.82) is 0 Å². The van der Waals surface area contributed by atoms with Gasteiger partial charge in [-0.3, -0.25) is 4.90 Å². The fourth-order valence-electron chi connectivity index (χ4n) is 2.74. The summed E-state index contributed by atoms with van der Waals surface area (Å²) in [6.07, 6.45) is 1.10. The molecule has 0 unspecified atom stereocenters. The van der Waals surface area contributed by atoms with E-state index in [9.17, 15) is 4.39 Å². The summed E-state index contributed by atoms with van der Waals surface area (Å²) in [4.78, 5) is 2.42. The molecule has 0 saturated carbocycles. The van der Waals surface area contributed by atoms with Crippen LogP contribution in [0.5, 0.6) is 0 Å². The van der Waals surface area contributed by atoms with Gasteiger partial charge in [-0.1, -0.05) is 12.1 Å². The Morgan fingerprint density at radius 1 is 1.08 bits per heavy atom. The Kier molecular flexibility index (Phi) is 7.72. The van der Waals surface area contributed by atoms with Gasteiger partial charge in [-0.15, -0.1) is 12.4 Å². The van der Waals surface area contributed by atoms with Crippen LogP contribution in [0.1, 0.15) is 12.2 Å². The van der Waals surface area contributed by atoms with Gasteiger partial charge in [0.1, 0.15) is 17.3 Å². The van der Waals surface area contributed by atoms with E-state index >= 15 is 0 Å². The van der Waals surface area contributed by atoms with Crippen LogP contribution in [0, 0.1) is 5.82 Å². The van der Waals surface area contributed by atoms with Crippen molar-refractivity contribution in [3.05, 3.63) is 48.0 Å². The maximum atomic E-state index is 13.7. The molecule has 4 nitrogen and oxygen atoms in total. The quantitative estimate of drug-likeness (QED) is 0.774. The lowest BCUT2D eigenvalue weighted by atomic mass is 10.1. The average molecular weight is 355 g/mol. The van der Waals surface area contributed by atoms with Crippen LogP contribution >= 0.6 is 12.4 Å². The van der Waals surface area contributed by atoms with Crippen LogP contribution in [0.2, 0.25) is 0 Å². The molecule has 0 aliphatic carbocycles. The van der Waals surface area contributed by atoms with Crippen LogP contribution in [0.15, 0.2) is 40.8 Å². The molecule has 1 N–H and O–H groups in total. The Labute approximate surface area is 148 Å². The highest BCUT2D eigenvalue weighted by Gasteiger charge is 2.10. The number of halogens is 2. The van der Waals surface area contributed by atoms with E-state index in [1.165, 1.54) is 6.07 Å². The van der Waals surface area contributed by atoms with Gasteiger partial charge in [0.25, 0.3) is 0 Å². The average Bonchev–Trinajstić information content (AvgIpc) is 3.04. The maximum Gasteiger partial charge on any atom is 0.137 e. The molecule has 0 atom stereocenters. The Balaban J connectivity index is 0.00000208. The molecule has 1 aromatic carbocycles.